The number of nitriles is 1. The molecule has 5 rings (SSSR count). The SMILES string of the molecule is N#Cc1ncc(N2C(=O)C3C4C[C@H](CN4C(=O)C(F)(F)C(F)(F)C(F)(F)C(F)(F)C(F)(F)C(F)(F)C(F)(F)F)N3C2=O)c2ccccc12. The van der Waals surface area contributed by atoms with Crippen LogP contribution in [0, 0.1) is 11.3 Å². The van der Waals surface area contributed by atoms with Gasteiger partial charge in [0.1, 0.15) is 17.8 Å². The number of pyridine rings is 1. The number of carbonyl (C=O) groups excluding carboxylic acids is 3. The molecule has 0 radical (unpaired) electrons. The molecule has 3 fully saturated rings. The first-order chi connectivity index (χ1) is 21.7. The van der Waals surface area contributed by atoms with Crippen LogP contribution in [-0.2, 0) is 9.59 Å². The van der Waals surface area contributed by atoms with Crippen LogP contribution in [-0.4, -0.2) is 99.0 Å². The number of hydrogen-bond donors (Lipinski definition) is 0. The van der Waals surface area contributed by atoms with Crippen LogP contribution in [0.5, 0.6) is 0 Å². The highest BCUT2D eigenvalue weighted by Crippen LogP contribution is 2.62. The predicted molar refractivity (Wildman–Crippen MR) is 125 cm³/mol. The Kier molecular flexibility index (Phi) is 7.25. The lowest BCUT2D eigenvalue weighted by atomic mass is 9.90. The minimum Gasteiger partial charge on any atom is -0.330 e. The second-order valence-corrected chi connectivity index (χ2v) is 10.8. The molecule has 0 saturated carbocycles. The van der Waals surface area contributed by atoms with Gasteiger partial charge in [-0.2, -0.15) is 71.1 Å². The molecule has 3 aliphatic heterocycles. The van der Waals surface area contributed by atoms with Crippen LogP contribution >= 0.6 is 0 Å². The molecular weight excluding hydrogens is 703 g/mol. The molecule has 2 unspecified atom stereocenters. The molecular formula is C25H12F15N5O3. The van der Waals surface area contributed by atoms with Gasteiger partial charge in [0.15, 0.2) is 0 Å². The highest BCUT2D eigenvalue weighted by molar-refractivity contribution is 6.25. The number of anilines is 1. The molecule has 260 valence electrons. The van der Waals surface area contributed by atoms with Gasteiger partial charge in [-0.1, -0.05) is 24.3 Å². The Morgan fingerprint density at radius 1 is 0.792 bits per heavy atom. The largest absolute Gasteiger partial charge is 0.460 e. The van der Waals surface area contributed by atoms with Crippen molar-refractivity contribution in [2.24, 2.45) is 0 Å². The number of hydrogen-bond acceptors (Lipinski definition) is 5. The van der Waals surface area contributed by atoms with Crippen molar-refractivity contribution >= 4 is 34.3 Å². The zero-order chi connectivity index (χ0) is 36.4. The van der Waals surface area contributed by atoms with Crippen LogP contribution in [0.3, 0.4) is 0 Å². The Balaban J connectivity index is 1.47. The van der Waals surface area contributed by atoms with Gasteiger partial charge in [-0.05, 0) is 6.42 Å². The maximum Gasteiger partial charge on any atom is 0.460 e. The van der Waals surface area contributed by atoms with Crippen molar-refractivity contribution in [1.82, 2.24) is 14.8 Å². The van der Waals surface area contributed by atoms with Gasteiger partial charge < -0.3 is 9.80 Å². The zero-order valence-corrected chi connectivity index (χ0v) is 22.7. The summed E-state index contributed by atoms with van der Waals surface area (Å²) in [6.07, 6.45) is -7.56. The number of amides is 4. The van der Waals surface area contributed by atoms with E-state index in [1.807, 2.05) is 0 Å². The lowest BCUT2D eigenvalue weighted by Gasteiger charge is -2.42. The molecule has 2 bridgehead atoms. The number of fused-ring (bicyclic) bond motifs is 6. The highest BCUT2D eigenvalue weighted by Gasteiger charge is 2.94. The standard InChI is InChI=1S/C25H12F15N5O3/c26-19(27,20(28,29)21(30,31)22(32,33)23(34,35)24(36,37)25(38,39)40)17(47)43-8-9-5-13(43)15-16(46)45(18(48)44(9)15)14-7-42-12(6-41)10-3-1-2-4-11(10)14/h1-4,7,9,13,15H,5,8H2/t9-,13?,15?/m1/s1. The van der Waals surface area contributed by atoms with Crippen LogP contribution in [0.15, 0.2) is 30.5 Å². The third-order valence-electron chi connectivity index (χ3n) is 8.24. The lowest BCUT2D eigenvalue weighted by molar-refractivity contribution is -0.450. The van der Waals surface area contributed by atoms with E-state index in [2.05, 4.69) is 4.98 Å². The van der Waals surface area contributed by atoms with Crippen LogP contribution in [0.2, 0.25) is 0 Å². The Labute approximate surface area is 255 Å². The van der Waals surface area contributed by atoms with Crippen molar-refractivity contribution in [3.8, 4) is 6.07 Å². The van der Waals surface area contributed by atoms with Crippen LogP contribution in [0.4, 0.5) is 76.3 Å². The first kappa shape index (κ1) is 34.8. The van der Waals surface area contributed by atoms with Gasteiger partial charge in [0.2, 0.25) is 0 Å². The van der Waals surface area contributed by atoms with Gasteiger partial charge in [0.25, 0.3) is 11.8 Å². The summed E-state index contributed by atoms with van der Waals surface area (Å²) in [7, 11) is 0. The van der Waals surface area contributed by atoms with Gasteiger partial charge in [0, 0.05) is 17.3 Å². The van der Waals surface area contributed by atoms with Gasteiger partial charge in [-0.15, -0.1) is 0 Å². The number of rotatable bonds is 7. The monoisotopic (exact) mass is 715 g/mol. The van der Waals surface area contributed by atoms with E-state index < -0.39 is 95.5 Å². The summed E-state index contributed by atoms with van der Waals surface area (Å²) in [4.78, 5) is 43.8. The zero-order valence-electron chi connectivity index (χ0n) is 22.7. The number of benzene rings is 1. The third-order valence-corrected chi connectivity index (χ3v) is 8.24. The number of imide groups is 1. The summed E-state index contributed by atoms with van der Waals surface area (Å²) < 4.78 is 205. The van der Waals surface area contributed by atoms with Crippen molar-refractivity contribution in [3.05, 3.63) is 36.2 Å². The number of urea groups is 1. The molecule has 2 aromatic rings. The summed E-state index contributed by atoms with van der Waals surface area (Å²) >= 11 is 0. The molecule has 0 spiro atoms. The van der Waals surface area contributed by atoms with Crippen molar-refractivity contribution in [2.75, 3.05) is 11.4 Å². The molecule has 8 nitrogen and oxygen atoms in total. The van der Waals surface area contributed by atoms with E-state index in [1.165, 1.54) is 24.3 Å². The van der Waals surface area contributed by atoms with Crippen LogP contribution in [0.25, 0.3) is 10.8 Å². The first-order valence-electron chi connectivity index (χ1n) is 12.8. The van der Waals surface area contributed by atoms with Gasteiger partial charge in [-0.3, -0.25) is 9.59 Å². The fourth-order valence-electron chi connectivity index (χ4n) is 5.84. The van der Waals surface area contributed by atoms with E-state index >= 15 is 0 Å². The van der Waals surface area contributed by atoms with Gasteiger partial charge >= 0.3 is 47.7 Å². The van der Waals surface area contributed by atoms with Crippen molar-refractivity contribution in [3.63, 3.8) is 0 Å². The van der Waals surface area contributed by atoms with Gasteiger partial charge in [-0.25, -0.2) is 14.7 Å². The number of nitrogens with zero attached hydrogens (tertiary/aromatic N) is 5. The summed E-state index contributed by atoms with van der Waals surface area (Å²) in [5, 5.41) is 9.47. The number of aromatic nitrogens is 1. The quantitative estimate of drug-likeness (QED) is 0.275. The Bertz CT molecular complexity index is 1770. The topological polar surface area (TPSA) is 97.6 Å². The van der Waals surface area contributed by atoms with E-state index in [4.69, 9.17) is 0 Å². The lowest BCUT2D eigenvalue weighted by Crippen LogP contribution is -2.74. The second kappa shape index (κ2) is 10.0. The third kappa shape index (κ3) is 4.05. The van der Waals surface area contributed by atoms with Crippen LogP contribution in [0.1, 0.15) is 12.1 Å². The highest BCUT2D eigenvalue weighted by atomic mass is 19.4. The van der Waals surface area contributed by atoms with E-state index in [0.717, 1.165) is 6.20 Å². The Morgan fingerprint density at radius 3 is 1.85 bits per heavy atom. The normalized spacial score (nSPS) is 22.5. The van der Waals surface area contributed by atoms with Gasteiger partial charge in [0.05, 0.1) is 24.0 Å². The maximum absolute atomic E-state index is 14.8. The van der Waals surface area contributed by atoms with Crippen LogP contribution < -0.4 is 4.90 Å². The van der Waals surface area contributed by atoms with E-state index in [9.17, 15) is 85.5 Å². The minimum absolute atomic E-state index is 0.0643. The fourth-order valence-corrected chi connectivity index (χ4v) is 5.84. The minimum atomic E-state index is -8.57. The maximum atomic E-state index is 14.8. The number of alkyl halides is 15. The number of carbonyl (C=O) groups is 3. The molecule has 3 saturated heterocycles. The first-order valence-corrected chi connectivity index (χ1v) is 12.8. The Hall–Kier alpha value is -4.52. The average molecular weight is 715 g/mol. The molecule has 0 aliphatic carbocycles. The summed E-state index contributed by atoms with van der Waals surface area (Å²) in [5.41, 5.74) is -0.460. The summed E-state index contributed by atoms with van der Waals surface area (Å²) in [6.45, 7) is -1.25. The van der Waals surface area contributed by atoms with Crippen molar-refractivity contribution < 1.29 is 80.2 Å². The molecule has 3 atom stereocenters. The molecule has 3 aliphatic rings. The van der Waals surface area contributed by atoms with E-state index in [-0.39, 0.29) is 22.2 Å². The fraction of sp³-hybridized carbons (Fsp3) is 0.480. The van der Waals surface area contributed by atoms with E-state index in [1.54, 1.807) is 6.07 Å². The molecule has 4 amide bonds. The smallest absolute Gasteiger partial charge is 0.330 e. The summed E-state index contributed by atoms with van der Waals surface area (Å²) in [5.74, 6) is -53.8. The van der Waals surface area contributed by atoms with Crippen molar-refractivity contribution in [2.45, 2.75) is 66.3 Å². The molecule has 1 aromatic heterocycles. The number of halogens is 15. The van der Waals surface area contributed by atoms with E-state index in [0.29, 0.717) is 9.80 Å². The molecule has 23 heteroatoms. The molecule has 4 heterocycles. The molecule has 0 N–H and O–H groups in total. The molecule has 1 aromatic carbocycles. The Morgan fingerprint density at radius 2 is 1.31 bits per heavy atom. The predicted octanol–water partition coefficient (Wildman–Crippen LogP) is 5.60. The average Bonchev–Trinajstić information content (AvgIpc) is 3.66. The summed E-state index contributed by atoms with van der Waals surface area (Å²) in [6, 6.07) is 0.546. The number of piperazine rings is 1. The molecule has 48 heavy (non-hydrogen) atoms. The second-order valence-electron chi connectivity index (χ2n) is 10.8. The number of likely N-dealkylation sites (tertiary alicyclic amines) is 1. The van der Waals surface area contributed by atoms with Crippen molar-refractivity contribution in [1.29, 1.82) is 5.26 Å².